The Hall–Kier alpha value is -2.33. The molecular formula is C24H27NO2S. The number of hydrogen-bond acceptors (Lipinski definition) is 3. The van der Waals surface area contributed by atoms with Gasteiger partial charge in [0.15, 0.2) is 0 Å². The van der Waals surface area contributed by atoms with E-state index in [4.69, 9.17) is 0 Å². The SMILES string of the molecule is CCCCCN1C(=O)C(SCc2ccccc2)=C(c2ccc(C)cc2C)C1=O. The van der Waals surface area contributed by atoms with E-state index in [2.05, 4.69) is 13.0 Å². The number of benzene rings is 2. The van der Waals surface area contributed by atoms with Crippen molar-refractivity contribution in [3.05, 3.63) is 75.7 Å². The van der Waals surface area contributed by atoms with Gasteiger partial charge < -0.3 is 0 Å². The van der Waals surface area contributed by atoms with Crippen LogP contribution in [0.25, 0.3) is 5.57 Å². The smallest absolute Gasteiger partial charge is 0.267 e. The van der Waals surface area contributed by atoms with Crippen molar-refractivity contribution < 1.29 is 9.59 Å². The second-order valence-corrected chi connectivity index (χ2v) is 8.25. The summed E-state index contributed by atoms with van der Waals surface area (Å²) in [5.41, 5.74) is 4.77. The van der Waals surface area contributed by atoms with Crippen molar-refractivity contribution in [2.75, 3.05) is 6.54 Å². The van der Waals surface area contributed by atoms with Gasteiger partial charge in [-0.15, -0.1) is 11.8 Å². The Kier molecular flexibility index (Phi) is 6.74. The predicted octanol–water partition coefficient (Wildman–Crippen LogP) is 5.51. The number of thioether (sulfide) groups is 1. The number of amides is 2. The molecule has 0 saturated carbocycles. The number of unbranched alkanes of at least 4 members (excludes halogenated alkanes) is 2. The average molecular weight is 394 g/mol. The van der Waals surface area contributed by atoms with Crippen LogP contribution in [0.1, 0.15) is 48.4 Å². The topological polar surface area (TPSA) is 37.4 Å². The highest BCUT2D eigenvalue weighted by Crippen LogP contribution is 2.38. The molecule has 0 radical (unpaired) electrons. The van der Waals surface area contributed by atoms with E-state index in [0.717, 1.165) is 41.5 Å². The fraction of sp³-hybridized carbons (Fsp3) is 0.333. The second kappa shape index (κ2) is 9.24. The average Bonchev–Trinajstić information content (AvgIpc) is 2.91. The van der Waals surface area contributed by atoms with Crippen molar-refractivity contribution in [3.8, 4) is 0 Å². The molecular weight excluding hydrogens is 366 g/mol. The summed E-state index contributed by atoms with van der Waals surface area (Å²) in [5, 5.41) is 0. The van der Waals surface area contributed by atoms with Crippen LogP contribution in [0.5, 0.6) is 0 Å². The number of carbonyl (C=O) groups excluding carboxylic acids is 2. The van der Waals surface area contributed by atoms with Crippen molar-refractivity contribution in [2.45, 2.75) is 45.8 Å². The predicted molar refractivity (Wildman–Crippen MR) is 117 cm³/mol. The molecule has 4 heteroatoms. The van der Waals surface area contributed by atoms with Crippen molar-refractivity contribution in [3.63, 3.8) is 0 Å². The van der Waals surface area contributed by atoms with Crippen LogP contribution in [0.2, 0.25) is 0 Å². The van der Waals surface area contributed by atoms with Crippen molar-refractivity contribution in [1.29, 1.82) is 0 Å². The first-order valence-electron chi connectivity index (χ1n) is 9.87. The summed E-state index contributed by atoms with van der Waals surface area (Å²) in [6.07, 6.45) is 2.93. The first-order chi connectivity index (χ1) is 13.5. The third kappa shape index (κ3) is 4.39. The van der Waals surface area contributed by atoms with Crippen LogP contribution in [0.15, 0.2) is 53.4 Å². The Labute approximate surface area is 171 Å². The van der Waals surface area contributed by atoms with Crippen LogP contribution < -0.4 is 0 Å². The summed E-state index contributed by atoms with van der Waals surface area (Å²) in [6, 6.07) is 16.1. The molecule has 0 fully saturated rings. The Balaban J connectivity index is 1.95. The minimum absolute atomic E-state index is 0.142. The Bertz CT molecular complexity index is 902. The van der Waals surface area contributed by atoms with E-state index in [1.54, 1.807) is 0 Å². The molecule has 0 atom stereocenters. The van der Waals surface area contributed by atoms with Gasteiger partial charge in [0, 0.05) is 12.3 Å². The van der Waals surface area contributed by atoms with Crippen molar-refractivity contribution in [1.82, 2.24) is 4.90 Å². The van der Waals surface area contributed by atoms with E-state index in [1.165, 1.54) is 16.7 Å². The maximum absolute atomic E-state index is 13.2. The van der Waals surface area contributed by atoms with Crippen LogP contribution in [-0.2, 0) is 15.3 Å². The van der Waals surface area contributed by atoms with Crippen LogP contribution >= 0.6 is 11.8 Å². The minimum Gasteiger partial charge on any atom is -0.274 e. The molecule has 1 aliphatic rings. The van der Waals surface area contributed by atoms with E-state index >= 15 is 0 Å². The summed E-state index contributed by atoms with van der Waals surface area (Å²) >= 11 is 1.48. The summed E-state index contributed by atoms with van der Waals surface area (Å²) in [5.74, 6) is 0.382. The van der Waals surface area contributed by atoms with Crippen LogP contribution in [0.3, 0.4) is 0 Å². The lowest BCUT2D eigenvalue weighted by atomic mass is 9.99. The molecule has 1 aliphatic heterocycles. The Morgan fingerprint density at radius 1 is 0.929 bits per heavy atom. The molecule has 0 aromatic heterocycles. The molecule has 0 N–H and O–H groups in total. The van der Waals surface area contributed by atoms with E-state index in [-0.39, 0.29) is 11.8 Å². The number of rotatable bonds is 8. The third-order valence-electron chi connectivity index (χ3n) is 4.99. The highest BCUT2D eigenvalue weighted by atomic mass is 32.2. The summed E-state index contributed by atoms with van der Waals surface area (Å²) in [4.78, 5) is 28.3. The van der Waals surface area contributed by atoms with E-state index in [0.29, 0.717) is 22.8 Å². The maximum Gasteiger partial charge on any atom is 0.267 e. The van der Waals surface area contributed by atoms with Gasteiger partial charge >= 0.3 is 0 Å². The largest absolute Gasteiger partial charge is 0.274 e. The molecule has 1 heterocycles. The van der Waals surface area contributed by atoms with Crippen LogP contribution in [-0.4, -0.2) is 23.3 Å². The third-order valence-corrected chi connectivity index (χ3v) is 6.13. The highest BCUT2D eigenvalue weighted by Gasteiger charge is 2.39. The van der Waals surface area contributed by atoms with Crippen molar-refractivity contribution >= 4 is 29.1 Å². The van der Waals surface area contributed by atoms with Gasteiger partial charge in [-0.3, -0.25) is 14.5 Å². The molecule has 2 aromatic rings. The maximum atomic E-state index is 13.2. The van der Waals surface area contributed by atoms with E-state index in [1.807, 2.05) is 56.3 Å². The number of aryl methyl sites for hydroxylation is 2. The second-order valence-electron chi connectivity index (χ2n) is 7.27. The van der Waals surface area contributed by atoms with Gasteiger partial charge in [0.25, 0.3) is 11.8 Å². The van der Waals surface area contributed by atoms with Gasteiger partial charge in [-0.25, -0.2) is 0 Å². The molecule has 2 aromatic carbocycles. The normalized spacial score (nSPS) is 14.3. The number of imide groups is 1. The van der Waals surface area contributed by atoms with Gasteiger partial charge in [-0.1, -0.05) is 73.9 Å². The lowest BCUT2D eigenvalue weighted by Crippen LogP contribution is -2.32. The fourth-order valence-electron chi connectivity index (χ4n) is 3.47. The van der Waals surface area contributed by atoms with E-state index in [9.17, 15) is 9.59 Å². The zero-order valence-corrected chi connectivity index (χ0v) is 17.6. The lowest BCUT2D eigenvalue weighted by molar-refractivity contribution is -0.136. The summed E-state index contributed by atoms with van der Waals surface area (Å²) in [6.45, 7) is 6.66. The standard InChI is InChI=1S/C24H27NO2S/c1-4-5-9-14-25-23(26)21(20-13-12-17(2)15-18(20)3)22(24(25)27)28-16-19-10-7-6-8-11-19/h6-8,10-13,15H,4-5,9,14,16H2,1-3H3. The van der Waals surface area contributed by atoms with Crippen molar-refractivity contribution in [2.24, 2.45) is 0 Å². The van der Waals surface area contributed by atoms with Gasteiger partial charge in [-0.05, 0) is 37.0 Å². The minimum atomic E-state index is -0.149. The number of hydrogen-bond donors (Lipinski definition) is 0. The van der Waals surface area contributed by atoms with Gasteiger partial charge in [0.05, 0.1) is 10.5 Å². The molecule has 0 unspecified atom stereocenters. The number of nitrogens with zero attached hydrogens (tertiary/aromatic N) is 1. The fourth-order valence-corrected chi connectivity index (χ4v) is 4.55. The summed E-state index contributed by atoms with van der Waals surface area (Å²) < 4.78 is 0. The van der Waals surface area contributed by atoms with Crippen LogP contribution in [0.4, 0.5) is 0 Å². The first-order valence-corrected chi connectivity index (χ1v) is 10.9. The monoisotopic (exact) mass is 393 g/mol. The molecule has 28 heavy (non-hydrogen) atoms. The molecule has 2 amide bonds. The Morgan fingerprint density at radius 2 is 1.68 bits per heavy atom. The first kappa shape index (κ1) is 20.4. The number of carbonyl (C=O) groups is 2. The molecule has 0 saturated heterocycles. The quantitative estimate of drug-likeness (QED) is 0.438. The molecule has 0 aliphatic carbocycles. The summed E-state index contributed by atoms with van der Waals surface area (Å²) in [7, 11) is 0. The van der Waals surface area contributed by atoms with Gasteiger partial charge in [0.2, 0.25) is 0 Å². The molecule has 0 spiro atoms. The molecule has 3 nitrogen and oxygen atoms in total. The molecule has 0 bridgehead atoms. The van der Waals surface area contributed by atoms with Gasteiger partial charge in [0.1, 0.15) is 0 Å². The highest BCUT2D eigenvalue weighted by molar-refractivity contribution is 8.03. The Morgan fingerprint density at radius 3 is 2.36 bits per heavy atom. The van der Waals surface area contributed by atoms with Crippen LogP contribution in [0, 0.1) is 13.8 Å². The molecule has 3 rings (SSSR count). The van der Waals surface area contributed by atoms with Gasteiger partial charge in [-0.2, -0.15) is 0 Å². The zero-order valence-electron chi connectivity index (χ0n) is 16.8. The molecule has 146 valence electrons. The van der Waals surface area contributed by atoms with E-state index < -0.39 is 0 Å². The zero-order chi connectivity index (χ0) is 20.1. The lowest BCUT2D eigenvalue weighted by Gasteiger charge is -2.15.